The lowest BCUT2D eigenvalue weighted by atomic mass is 10.1. The average Bonchev–Trinajstić information content (AvgIpc) is 2.59. The van der Waals surface area contributed by atoms with Crippen LogP contribution in [0.4, 0.5) is 11.4 Å². The van der Waals surface area contributed by atoms with E-state index in [1.54, 1.807) is 44.5 Å². The molecule has 0 N–H and O–H groups in total. The Kier molecular flexibility index (Phi) is 5.59. The van der Waals surface area contributed by atoms with Gasteiger partial charge in [0.15, 0.2) is 0 Å². The zero-order chi connectivity index (χ0) is 18.8. The minimum atomic E-state index is -3.49. The molecule has 2 aromatic carbocycles. The third kappa shape index (κ3) is 4.24. The number of hydrogen-bond acceptors (Lipinski definition) is 4. The van der Waals surface area contributed by atoms with E-state index < -0.39 is 10.0 Å². The molecule has 134 valence electrons. The van der Waals surface area contributed by atoms with Crippen molar-refractivity contribution in [1.29, 1.82) is 0 Å². The fourth-order valence-electron chi connectivity index (χ4n) is 2.20. The van der Waals surface area contributed by atoms with Gasteiger partial charge >= 0.3 is 0 Å². The van der Waals surface area contributed by atoms with E-state index >= 15 is 0 Å². The Bertz CT molecular complexity index is 899. The van der Waals surface area contributed by atoms with Crippen LogP contribution in [0.2, 0.25) is 5.02 Å². The largest absolute Gasteiger partial charge is 0.497 e. The lowest BCUT2D eigenvalue weighted by Crippen LogP contribution is -2.28. The minimum absolute atomic E-state index is 0.244. The number of sulfonamides is 1. The van der Waals surface area contributed by atoms with E-state index in [2.05, 4.69) is 0 Å². The van der Waals surface area contributed by atoms with Crippen molar-refractivity contribution in [3.8, 4) is 5.75 Å². The van der Waals surface area contributed by atoms with Crippen molar-refractivity contribution in [2.45, 2.75) is 0 Å². The molecule has 0 aliphatic carbocycles. The first-order valence-corrected chi connectivity index (χ1v) is 9.53. The molecule has 0 atom stereocenters. The van der Waals surface area contributed by atoms with Crippen LogP contribution in [-0.2, 0) is 10.0 Å². The van der Waals surface area contributed by atoms with Gasteiger partial charge in [-0.2, -0.15) is 0 Å². The number of methoxy groups -OCH3 is 1. The fraction of sp³-hybridized carbons (Fsp3) is 0.235. The molecule has 2 rings (SSSR count). The summed E-state index contributed by atoms with van der Waals surface area (Å²) in [5, 5.41) is 0.244. The molecule has 0 saturated heterocycles. The number of halogens is 1. The first-order valence-electron chi connectivity index (χ1n) is 7.30. The van der Waals surface area contributed by atoms with Gasteiger partial charge in [0.25, 0.3) is 5.91 Å². The van der Waals surface area contributed by atoms with Crippen molar-refractivity contribution in [2.75, 3.05) is 36.7 Å². The SMILES string of the molecule is COc1cccc(N(C)C(=O)c2ccc(Cl)c(N(C)S(C)(=O)=O)c2)c1. The van der Waals surface area contributed by atoms with E-state index in [0.29, 0.717) is 17.0 Å². The summed E-state index contributed by atoms with van der Waals surface area (Å²) in [5.74, 6) is 0.332. The van der Waals surface area contributed by atoms with Gasteiger partial charge in [0.1, 0.15) is 5.75 Å². The predicted octanol–water partition coefficient (Wildman–Crippen LogP) is 3.02. The van der Waals surface area contributed by atoms with Crippen LogP contribution >= 0.6 is 11.6 Å². The van der Waals surface area contributed by atoms with Crippen molar-refractivity contribution in [3.63, 3.8) is 0 Å². The van der Waals surface area contributed by atoms with E-state index in [1.807, 2.05) is 0 Å². The van der Waals surface area contributed by atoms with Crippen molar-refractivity contribution in [1.82, 2.24) is 0 Å². The average molecular weight is 383 g/mol. The molecule has 0 heterocycles. The molecule has 0 aliphatic rings. The summed E-state index contributed by atoms with van der Waals surface area (Å²) in [6.07, 6.45) is 1.07. The number of rotatable bonds is 5. The first kappa shape index (κ1) is 19.1. The van der Waals surface area contributed by atoms with E-state index in [1.165, 1.54) is 24.1 Å². The molecule has 1 amide bonds. The number of ether oxygens (including phenoxy) is 1. The number of hydrogen-bond donors (Lipinski definition) is 0. The molecule has 0 aliphatic heterocycles. The predicted molar refractivity (Wildman–Crippen MR) is 100 cm³/mol. The fourth-order valence-corrected chi connectivity index (χ4v) is 3.00. The molecule has 0 aromatic heterocycles. The highest BCUT2D eigenvalue weighted by Gasteiger charge is 2.20. The van der Waals surface area contributed by atoms with E-state index in [9.17, 15) is 13.2 Å². The number of carbonyl (C=O) groups excluding carboxylic acids is 1. The number of amides is 1. The van der Waals surface area contributed by atoms with E-state index in [4.69, 9.17) is 16.3 Å². The standard InChI is InChI=1S/C17H19ClN2O4S/c1-19(13-6-5-7-14(11-13)24-3)17(21)12-8-9-15(18)16(10-12)20(2)25(4,22)23/h5-11H,1-4H3. The summed E-state index contributed by atoms with van der Waals surface area (Å²) in [7, 11) is 1.07. The van der Waals surface area contributed by atoms with E-state index in [0.717, 1.165) is 10.6 Å². The van der Waals surface area contributed by atoms with Crippen LogP contribution in [0.3, 0.4) is 0 Å². The minimum Gasteiger partial charge on any atom is -0.497 e. The molecule has 0 saturated carbocycles. The number of benzene rings is 2. The molecule has 2 aromatic rings. The van der Waals surface area contributed by atoms with Crippen LogP contribution in [-0.4, -0.2) is 41.8 Å². The van der Waals surface area contributed by atoms with Crippen molar-refractivity contribution in [2.24, 2.45) is 0 Å². The Balaban J connectivity index is 2.39. The van der Waals surface area contributed by atoms with Crippen LogP contribution in [0.15, 0.2) is 42.5 Å². The van der Waals surface area contributed by atoms with E-state index in [-0.39, 0.29) is 16.6 Å². The van der Waals surface area contributed by atoms with Crippen molar-refractivity contribution >= 4 is 38.9 Å². The van der Waals surface area contributed by atoms with Crippen molar-refractivity contribution in [3.05, 3.63) is 53.1 Å². The normalized spacial score (nSPS) is 11.1. The molecule has 6 nitrogen and oxygen atoms in total. The van der Waals surface area contributed by atoms with Gasteiger partial charge in [-0.15, -0.1) is 0 Å². The van der Waals surface area contributed by atoms with Gasteiger partial charge < -0.3 is 9.64 Å². The third-order valence-electron chi connectivity index (χ3n) is 3.78. The molecular formula is C17H19ClN2O4S. The van der Waals surface area contributed by atoms with Crippen LogP contribution in [0, 0.1) is 0 Å². The zero-order valence-corrected chi connectivity index (χ0v) is 15.9. The highest BCUT2D eigenvalue weighted by Crippen LogP contribution is 2.29. The Morgan fingerprint density at radius 1 is 1.12 bits per heavy atom. The van der Waals surface area contributed by atoms with Crippen LogP contribution in [0.1, 0.15) is 10.4 Å². The van der Waals surface area contributed by atoms with Gasteiger partial charge in [-0.1, -0.05) is 17.7 Å². The molecule has 0 bridgehead atoms. The summed E-state index contributed by atoms with van der Waals surface area (Å²) >= 11 is 6.09. The van der Waals surface area contributed by atoms with Crippen LogP contribution < -0.4 is 13.9 Å². The maximum Gasteiger partial charge on any atom is 0.258 e. The quantitative estimate of drug-likeness (QED) is 0.797. The van der Waals surface area contributed by atoms with Gasteiger partial charge in [0, 0.05) is 31.4 Å². The smallest absolute Gasteiger partial charge is 0.258 e. The third-order valence-corrected chi connectivity index (χ3v) is 5.29. The molecule has 0 fully saturated rings. The van der Waals surface area contributed by atoms with Crippen LogP contribution in [0.5, 0.6) is 5.75 Å². The molecule has 0 radical (unpaired) electrons. The number of anilines is 2. The Morgan fingerprint density at radius 3 is 2.40 bits per heavy atom. The highest BCUT2D eigenvalue weighted by molar-refractivity contribution is 7.92. The second kappa shape index (κ2) is 7.33. The zero-order valence-electron chi connectivity index (χ0n) is 14.4. The Labute approximate surface area is 152 Å². The lowest BCUT2D eigenvalue weighted by molar-refractivity contribution is 0.0993. The van der Waals surface area contributed by atoms with Crippen LogP contribution in [0.25, 0.3) is 0 Å². The monoisotopic (exact) mass is 382 g/mol. The molecule has 0 unspecified atom stereocenters. The lowest BCUT2D eigenvalue weighted by Gasteiger charge is -2.21. The second-order valence-electron chi connectivity index (χ2n) is 5.46. The summed E-state index contributed by atoms with van der Waals surface area (Å²) in [6.45, 7) is 0. The van der Waals surface area contributed by atoms with Gasteiger partial charge in [0.2, 0.25) is 10.0 Å². The summed E-state index contributed by atoms with van der Waals surface area (Å²) < 4.78 is 29.7. The second-order valence-corrected chi connectivity index (χ2v) is 7.88. The van der Waals surface area contributed by atoms with Gasteiger partial charge in [0.05, 0.1) is 24.1 Å². The molecule has 0 spiro atoms. The highest BCUT2D eigenvalue weighted by atomic mass is 35.5. The van der Waals surface area contributed by atoms with Crippen molar-refractivity contribution < 1.29 is 17.9 Å². The molecule has 8 heteroatoms. The summed E-state index contributed by atoms with van der Waals surface area (Å²) in [5.41, 5.74) is 1.21. The topological polar surface area (TPSA) is 66.9 Å². The number of nitrogens with zero attached hydrogens (tertiary/aromatic N) is 2. The molecule has 25 heavy (non-hydrogen) atoms. The summed E-state index contributed by atoms with van der Waals surface area (Å²) in [4.78, 5) is 14.2. The van der Waals surface area contributed by atoms with Gasteiger partial charge in [-0.25, -0.2) is 8.42 Å². The Hall–Kier alpha value is -2.25. The maximum atomic E-state index is 12.8. The Morgan fingerprint density at radius 2 is 1.80 bits per heavy atom. The van der Waals surface area contributed by atoms with Gasteiger partial charge in [-0.05, 0) is 30.3 Å². The first-order chi connectivity index (χ1) is 11.6. The summed E-state index contributed by atoms with van der Waals surface area (Å²) in [6, 6.07) is 11.6. The molecular weight excluding hydrogens is 364 g/mol. The van der Waals surface area contributed by atoms with Gasteiger partial charge in [-0.3, -0.25) is 9.10 Å². The number of carbonyl (C=O) groups is 1. The maximum absolute atomic E-state index is 12.8.